The van der Waals surface area contributed by atoms with Gasteiger partial charge in [-0.25, -0.2) is 18.6 Å². The predicted octanol–water partition coefficient (Wildman–Crippen LogP) is 3.38. The second kappa shape index (κ2) is 5.04. The standard InChI is InChI=1S/C8H3BrF5NO3/c9-5-4(18-8(12,13)14)2(7(16)17)1-3(15-5)6(10)11/h1,6H,(H,16,17). The molecule has 0 aliphatic carbocycles. The molecule has 0 bridgehead atoms. The fraction of sp³-hybridized carbons (Fsp3) is 0.250. The van der Waals surface area contributed by atoms with Gasteiger partial charge in [-0.05, 0) is 22.0 Å². The van der Waals surface area contributed by atoms with Crippen molar-refractivity contribution in [2.75, 3.05) is 0 Å². The van der Waals surface area contributed by atoms with Crippen molar-refractivity contribution in [2.24, 2.45) is 0 Å². The van der Waals surface area contributed by atoms with Crippen LogP contribution in [0.4, 0.5) is 22.0 Å². The highest BCUT2D eigenvalue weighted by atomic mass is 79.9. The van der Waals surface area contributed by atoms with E-state index in [4.69, 9.17) is 5.11 Å². The van der Waals surface area contributed by atoms with Crippen LogP contribution in [0.25, 0.3) is 0 Å². The lowest BCUT2D eigenvalue weighted by Gasteiger charge is -2.13. The van der Waals surface area contributed by atoms with E-state index in [2.05, 4.69) is 25.7 Å². The fourth-order valence-corrected chi connectivity index (χ4v) is 1.50. The van der Waals surface area contributed by atoms with Gasteiger partial charge in [-0.1, -0.05) is 0 Å². The van der Waals surface area contributed by atoms with Gasteiger partial charge in [0.05, 0.1) is 0 Å². The maximum Gasteiger partial charge on any atom is 0.573 e. The Morgan fingerprint density at radius 1 is 1.44 bits per heavy atom. The van der Waals surface area contributed by atoms with Crippen molar-refractivity contribution in [3.8, 4) is 5.75 Å². The van der Waals surface area contributed by atoms with Crippen LogP contribution in [0.3, 0.4) is 0 Å². The summed E-state index contributed by atoms with van der Waals surface area (Å²) in [6, 6.07) is 0.318. The van der Waals surface area contributed by atoms with Crippen LogP contribution in [0.1, 0.15) is 22.5 Å². The van der Waals surface area contributed by atoms with Crippen molar-refractivity contribution in [3.63, 3.8) is 0 Å². The van der Waals surface area contributed by atoms with E-state index in [1.54, 1.807) is 0 Å². The minimum Gasteiger partial charge on any atom is -0.478 e. The highest BCUT2D eigenvalue weighted by Gasteiger charge is 2.35. The van der Waals surface area contributed by atoms with Gasteiger partial charge in [0.1, 0.15) is 15.9 Å². The Morgan fingerprint density at radius 2 is 2.00 bits per heavy atom. The van der Waals surface area contributed by atoms with E-state index < -0.39 is 40.4 Å². The number of ether oxygens (including phenoxy) is 1. The molecule has 0 spiro atoms. The maximum absolute atomic E-state index is 12.3. The first kappa shape index (κ1) is 14.6. The molecule has 0 unspecified atom stereocenters. The van der Waals surface area contributed by atoms with Gasteiger partial charge in [0.15, 0.2) is 5.75 Å². The smallest absolute Gasteiger partial charge is 0.478 e. The van der Waals surface area contributed by atoms with Crippen LogP contribution in [0, 0.1) is 0 Å². The van der Waals surface area contributed by atoms with E-state index >= 15 is 0 Å². The van der Waals surface area contributed by atoms with Gasteiger partial charge in [-0.15, -0.1) is 13.2 Å². The lowest BCUT2D eigenvalue weighted by molar-refractivity contribution is -0.275. The quantitative estimate of drug-likeness (QED) is 0.679. The molecule has 1 aromatic rings. The molecule has 0 saturated carbocycles. The summed E-state index contributed by atoms with van der Waals surface area (Å²) in [6.07, 6.45) is -8.29. The average Bonchev–Trinajstić information content (AvgIpc) is 2.18. The second-order valence-corrected chi connectivity index (χ2v) is 3.62. The molecule has 10 heteroatoms. The van der Waals surface area contributed by atoms with Gasteiger partial charge in [-0.2, -0.15) is 0 Å². The van der Waals surface area contributed by atoms with Gasteiger partial charge >= 0.3 is 12.3 Å². The molecule has 0 aliphatic heterocycles. The number of carboxylic acids is 1. The monoisotopic (exact) mass is 335 g/mol. The number of hydrogen-bond donors (Lipinski definition) is 1. The van der Waals surface area contributed by atoms with Gasteiger partial charge in [0.2, 0.25) is 0 Å². The summed E-state index contributed by atoms with van der Waals surface area (Å²) in [6.45, 7) is 0. The Bertz CT molecular complexity index is 477. The molecular formula is C8H3BrF5NO3. The first-order valence-electron chi connectivity index (χ1n) is 4.09. The molecule has 1 N–H and O–H groups in total. The SMILES string of the molecule is O=C(O)c1cc(C(F)F)nc(Br)c1OC(F)(F)F. The number of pyridine rings is 1. The van der Waals surface area contributed by atoms with Crippen molar-refractivity contribution >= 4 is 21.9 Å². The second-order valence-electron chi connectivity index (χ2n) is 2.87. The van der Waals surface area contributed by atoms with Crippen LogP contribution in [-0.4, -0.2) is 22.4 Å². The molecule has 100 valence electrons. The number of rotatable bonds is 3. The molecular weight excluding hydrogens is 333 g/mol. The summed E-state index contributed by atoms with van der Waals surface area (Å²) in [5, 5.41) is 8.65. The molecule has 1 rings (SSSR count). The fourth-order valence-electron chi connectivity index (χ4n) is 1.00. The van der Waals surface area contributed by atoms with Crippen molar-refractivity contribution < 1.29 is 36.6 Å². The first-order chi connectivity index (χ1) is 8.11. The van der Waals surface area contributed by atoms with E-state index in [0.717, 1.165) is 0 Å². The van der Waals surface area contributed by atoms with Crippen molar-refractivity contribution in [1.82, 2.24) is 4.98 Å². The number of nitrogens with zero attached hydrogens (tertiary/aromatic N) is 1. The Labute approximate surface area is 105 Å². The number of aromatic nitrogens is 1. The number of alkyl halides is 5. The normalized spacial score (nSPS) is 11.7. The van der Waals surface area contributed by atoms with Crippen molar-refractivity contribution in [3.05, 3.63) is 21.9 Å². The van der Waals surface area contributed by atoms with E-state index in [-0.39, 0.29) is 0 Å². The molecule has 18 heavy (non-hydrogen) atoms. The molecule has 0 aliphatic rings. The average molecular weight is 336 g/mol. The van der Waals surface area contributed by atoms with Crippen LogP contribution in [0.5, 0.6) is 5.75 Å². The maximum atomic E-state index is 12.3. The van der Waals surface area contributed by atoms with Gasteiger partial charge in [0, 0.05) is 0 Å². The molecule has 0 amide bonds. The van der Waals surface area contributed by atoms with Gasteiger partial charge < -0.3 is 9.84 Å². The lowest BCUT2D eigenvalue weighted by atomic mass is 10.2. The van der Waals surface area contributed by atoms with Crippen molar-refractivity contribution in [2.45, 2.75) is 12.8 Å². The van der Waals surface area contributed by atoms with E-state index in [0.29, 0.717) is 6.07 Å². The largest absolute Gasteiger partial charge is 0.573 e. The molecule has 0 radical (unpaired) electrons. The summed E-state index contributed by atoms with van der Waals surface area (Å²) in [5.41, 5.74) is -2.04. The number of aromatic carboxylic acids is 1. The Morgan fingerprint density at radius 3 is 2.39 bits per heavy atom. The third kappa shape index (κ3) is 3.52. The van der Waals surface area contributed by atoms with Crippen LogP contribution in [-0.2, 0) is 0 Å². The number of carboxylic acid groups (broad SMARTS) is 1. The Balaban J connectivity index is 3.37. The molecule has 0 fully saturated rings. The van der Waals surface area contributed by atoms with Gasteiger partial charge in [-0.3, -0.25) is 0 Å². The summed E-state index contributed by atoms with van der Waals surface area (Å²) in [4.78, 5) is 13.8. The van der Waals surface area contributed by atoms with Crippen LogP contribution >= 0.6 is 15.9 Å². The number of halogens is 6. The third-order valence-electron chi connectivity index (χ3n) is 1.62. The molecule has 0 saturated heterocycles. The lowest BCUT2D eigenvalue weighted by Crippen LogP contribution is -2.20. The zero-order chi connectivity index (χ0) is 14.1. The first-order valence-corrected chi connectivity index (χ1v) is 4.88. The topological polar surface area (TPSA) is 59.4 Å². The molecule has 0 aromatic carbocycles. The van der Waals surface area contributed by atoms with Crippen LogP contribution < -0.4 is 4.74 Å². The summed E-state index contributed by atoms with van der Waals surface area (Å²) in [7, 11) is 0. The highest BCUT2D eigenvalue weighted by Crippen LogP contribution is 2.35. The number of carbonyl (C=O) groups is 1. The Hall–Kier alpha value is -1.45. The minimum absolute atomic E-state index is 0.318. The van der Waals surface area contributed by atoms with E-state index in [1.807, 2.05) is 0 Å². The Kier molecular flexibility index (Phi) is 4.09. The zero-order valence-corrected chi connectivity index (χ0v) is 9.72. The minimum atomic E-state index is -5.17. The number of hydrogen-bond acceptors (Lipinski definition) is 3. The van der Waals surface area contributed by atoms with E-state index in [1.165, 1.54) is 0 Å². The molecule has 0 atom stereocenters. The summed E-state index contributed by atoms with van der Waals surface area (Å²) in [5.74, 6) is -3.03. The predicted molar refractivity (Wildman–Crippen MR) is 50.5 cm³/mol. The molecule has 1 heterocycles. The van der Waals surface area contributed by atoms with E-state index in [9.17, 15) is 26.7 Å². The molecule has 4 nitrogen and oxygen atoms in total. The zero-order valence-electron chi connectivity index (χ0n) is 8.13. The van der Waals surface area contributed by atoms with Crippen LogP contribution in [0.2, 0.25) is 0 Å². The van der Waals surface area contributed by atoms with Gasteiger partial charge in [0.25, 0.3) is 6.43 Å². The third-order valence-corrected chi connectivity index (χ3v) is 2.16. The van der Waals surface area contributed by atoms with Crippen molar-refractivity contribution in [1.29, 1.82) is 0 Å². The summed E-state index contributed by atoms with van der Waals surface area (Å²) < 4.78 is 63.3. The summed E-state index contributed by atoms with van der Waals surface area (Å²) >= 11 is 2.45. The molecule has 1 aromatic heterocycles. The van der Waals surface area contributed by atoms with Crippen LogP contribution in [0.15, 0.2) is 10.7 Å². The highest BCUT2D eigenvalue weighted by molar-refractivity contribution is 9.10.